The minimum Gasteiger partial charge on any atom is -0.483 e. The van der Waals surface area contributed by atoms with Crippen LogP contribution in [0.15, 0.2) is 12.1 Å². The number of hydrogen-bond donors (Lipinski definition) is 0. The average Bonchev–Trinajstić information content (AvgIpc) is 2.18. The Hall–Kier alpha value is -1.98. The lowest BCUT2D eigenvalue weighted by molar-refractivity contribution is -0.385. The molecule has 0 saturated carbocycles. The summed E-state index contributed by atoms with van der Waals surface area (Å²) in [6.45, 7) is 1.18. The van der Waals surface area contributed by atoms with Crippen molar-refractivity contribution in [3.63, 3.8) is 0 Å². The topological polar surface area (TPSA) is 69.4 Å². The Morgan fingerprint density at radius 3 is 2.80 bits per heavy atom. The zero-order chi connectivity index (χ0) is 11.4. The van der Waals surface area contributed by atoms with E-state index >= 15 is 0 Å². The van der Waals surface area contributed by atoms with Gasteiger partial charge in [0.2, 0.25) is 0 Å². The van der Waals surface area contributed by atoms with Crippen molar-refractivity contribution in [1.82, 2.24) is 0 Å². The number of aryl methyl sites for hydroxylation is 1. The number of nitrogens with zero attached hydrogens (tertiary/aromatic N) is 1. The number of ether oxygens (including phenoxy) is 1. The molecular weight excluding hydrogens is 205 g/mol. The number of carbonyl (C=O) groups is 1. The summed E-state index contributed by atoms with van der Waals surface area (Å²) in [6.07, 6.45) is 0.468. The van der Waals surface area contributed by atoms with Gasteiger partial charge in [-0.2, -0.15) is 0 Å². The van der Waals surface area contributed by atoms with E-state index in [-0.39, 0.29) is 23.6 Å². The summed E-state index contributed by atoms with van der Waals surface area (Å²) in [7, 11) is 0. The van der Waals surface area contributed by atoms with Crippen LogP contribution in [0.5, 0.6) is 5.75 Å². The van der Waals surface area contributed by atoms with Gasteiger partial charge in [-0.25, -0.2) is 4.39 Å². The molecule has 0 unspecified atom stereocenters. The van der Waals surface area contributed by atoms with Crippen LogP contribution in [0, 0.1) is 22.9 Å². The van der Waals surface area contributed by atoms with E-state index in [1.165, 1.54) is 13.0 Å². The van der Waals surface area contributed by atoms with Crippen LogP contribution >= 0.6 is 0 Å². The maximum Gasteiger partial charge on any atom is 0.275 e. The van der Waals surface area contributed by atoms with Crippen molar-refractivity contribution in [3.8, 4) is 5.75 Å². The van der Waals surface area contributed by atoms with Crippen molar-refractivity contribution in [2.45, 2.75) is 6.92 Å². The first-order chi connectivity index (χ1) is 7.06. The standard InChI is InChI=1S/C9H8FNO4/c1-6-4-9(15-3-2-12)7(10)5-8(6)11(13)14/h2,4-5H,3H2,1H3. The maximum absolute atomic E-state index is 13.2. The van der Waals surface area contributed by atoms with E-state index in [9.17, 15) is 19.3 Å². The normalized spacial score (nSPS) is 9.73. The van der Waals surface area contributed by atoms with Crippen molar-refractivity contribution in [2.24, 2.45) is 0 Å². The van der Waals surface area contributed by atoms with E-state index in [4.69, 9.17) is 4.74 Å². The molecule has 1 aromatic carbocycles. The van der Waals surface area contributed by atoms with Crippen molar-refractivity contribution < 1.29 is 18.8 Å². The number of carbonyl (C=O) groups excluding carboxylic acids is 1. The van der Waals surface area contributed by atoms with Crippen LogP contribution in [-0.4, -0.2) is 17.8 Å². The molecule has 80 valence electrons. The van der Waals surface area contributed by atoms with Gasteiger partial charge in [-0.3, -0.25) is 14.9 Å². The molecule has 0 bridgehead atoms. The fourth-order valence-electron chi connectivity index (χ4n) is 1.08. The van der Waals surface area contributed by atoms with E-state index in [0.717, 1.165) is 6.07 Å². The van der Waals surface area contributed by atoms with Crippen LogP contribution in [0.25, 0.3) is 0 Å². The zero-order valence-electron chi connectivity index (χ0n) is 7.90. The summed E-state index contributed by atoms with van der Waals surface area (Å²) in [5.41, 5.74) is -0.0340. The molecule has 0 atom stereocenters. The number of halogens is 1. The van der Waals surface area contributed by atoms with Gasteiger partial charge in [0.25, 0.3) is 5.69 Å². The molecule has 6 heteroatoms. The first-order valence-electron chi connectivity index (χ1n) is 4.07. The minimum absolute atomic E-state index is 0.162. The summed E-state index contributed by atoms with van der Waals surface area (Å²) in [5.74, 6) is -1.01. The summed E-state index contributed by atoms with van der Waals surface area (Å²) < 4.78 is 17.9. The van der Waals surface area contributed by atoms with Crippen LogP contribution in [0.4, 0.5) is 10.1 Å². The predicted octanol–water partition coefficient (Wildman–Crippen LogP) is 1.62. The molecular formula is C9H8FNO4. The third-order valence-electron chi connectivity index (χ3n) is 1.75. The second-order valence-electron chi connectivity index (χ2n) is 2.80. The first-order valence-corrected chi connectivity index (χ1v) is 4.07. The highest BCUT2D eigenvalue weighted by atomic mass is 19.1. The van der Waals surface area contributed by atoms with Crippen molar-refractivity contribution in [2.75, 3.05) is 6.61 Å². The quantitative estimate of drug-likeness (QED) is 0.433. The highest BCUT2D eigenvalue weighted by Crippen LogP contribution is 2.26. The molecule has 0 aliphatic carbocycles. The highest BCUT2D eigenvalue weighted by Gasteiger charge is 2.15. The van der Waals surface area contributed by atoms with Crippen LogP contribution in [0.3, 0.4) is 0 Å². The molecule has 0 aromatic heterocycles. The van der Waals surface area contributed by atoms with Crippen LogP contribution in [0.2, 0.25) is 0 Å². The molecule has 0 heterocycles. The van der Waals surface area contributed by atoms with Gasteiger partial charge < -0.3 is 4.74 Å². The average molecular weight is 213 g/mol. The second-order valence-corrected chi connectivity index (χ2v) is 2.80. The smallest absolute Gasteiger partial charge is 0.275 e. The minimum atomic E-state index is -0.853. The van der Waals surface area contributed by atoms with Gasteiger partial charge in [0.1, 0.15) is 6.61 Å². The number of benzene rings is 1. The fourth-order valence-corrected chi connectivity index (χ4v) is 1.08. The Balaban J connectivity index is 3.07. The molecule has 1 rings (SSSR count). The molecule has 0 fully saturated rings. The highest BCUT2D eigenvalue weighted by molar-refractivity contribution is 5.52. The van der Waals surface area contributed by atoms with Crippen molar-refractivity contribution in [1.29, 1.82) is 0 Å². The Morgan fingerprint density at radius 1 is 1.60 bits per heavy atom. The zero-order valence-corrected chi connectivity index (χ0v) is 7.90. The Kier molecular flexibility index (Phi) is 3.33. The molecule has 1 aromatic rings. The van der Waals surface area contributed by atoms with Crippen LogP contribution < -0.4 is 4.74 Å². The van der Waals surface area contributed by atoms with E-state index in [1.807, 2.05) is 0 Å². The SMILES string of the molecule is Cc1cc(OCC=O)c(F)cc1[N+](=O)[O-]. The molecule has 0 aliphatic heterocycles. The lowest BCUT2D eigenvalue weighted by Gasteiger charge is -2.05. The monoisotopic (exact) mass is 213 g/mol. The van der Waals surface area contributed by atoms with Crippen molar-refractivity contribution in [3.05, 3.63) is 33.6 Å². The summed E-state index contributed by atoms with van der Waals surface area (Å²) in [4.78, 5) is 19.8. The molecule has 0 amide bonds. The summed E-state index contributed by atoms with van der Waals surface area (Å²) >= 11 is 0. The largest absolute Gasteiger partial charge is 0.483 e. The van der Waals surface area contributed by atoms with Gasteiger partial charge in [0.15, 0.2) is 17.9 Å². The molecule has 15 heavy (non-hydrogen) atoms. The molecule has 0 aliphatic rings. The number of aldehydes is 1. The predicted molar refractivity (Wildman–Crippen MR) is 49.4 cm³/mol. The Bertz CT molecular complexity index is 405. The molecule has 0 radical (unpaired) electrons. The molecule has 0 spiro atoms. The van der Waals surface area contributed by atoms with Crippen LogP contribution in [-0.2, 0) is 4.79 Å². The van der Waals surface area contributed by atoms with Gasteiger partial charge in [-0.15, -0.1) is 0 Å². The summed E-state index contributed by atoms with van der Waals surface area (Å²) in [5, 5.41) is 10.4. The van der Waals surface area contributed by atoms with Crippen LogP contribution in [0.1, 0.15) is 5.56 Å². The number of rotatable bonds is 4. The summed E-state index contributed by atoms with van der Waals surface area (Å²) in [6, 6.07) is 1.96. The maximum atomic E-state index is 13.2. The lowest BCUT2D eigenvalue weighted by atomic mass is 10.2. The van der Waals surface area contributed by atoms with E-state index in [1.54, 1.807) is 0 Å². The third kappa shape index (κ3) is 2.49. The number of nitro groups is 1. The second kappa shape index (κ2) is 4.50. The van der Waals surface area contributed by atoms with Gasteiger partial charge in [-0.1, -0.05) is 0 Å². The third-order valence-corrected chi connectivity index (χ3v) is 1.75. The van der Waals surface area contributed by atoms with Gasteiger partial charge in [0.05, 0.1) is 11.0 Å². The van der Waals surface area contributed by atoms with E-state index in [0.29, 0.717) is 6.29 Å². The Labute approximate surface area is 84.6 Å². The van der Waals surface area contributed by atoms with E-state index in [2.05, 4.69) is 0 Å². The molecule has 0 N–H and O–H groups in total. The van der Waals surface area contributed by atoms with E-state index < -0.39 is 10.7 Å². The van der Waals surface area contributed by atoms with Crippen molar-refractivity contribution >= 4 is 12.0 Å². The first kappa shape index (κ1) is 11.1. The fraction of sp³-hybridized carbons (Fsp3) is 0.222. The van der Waals surface area contributed by atoms with Gasteiger partial charge >= 0.3 is 0 Å². The van der Waals surface area contributed by atoms with Gasteiger partial charge in [-0.05, 0) is 13.0 Å². The lowest BCUT2D eigenvalue weighted by Crippen LogP contribution is -2.01. The number of hydrogen-bond acceptors (Lipinski definition) is 4. The molecule has 5 nitrogen and oxygen atoms in total. The Morgan fingerprint density at radius 2 is 2.27 bits per heavy atom. The van der Waals surface area contributed by atoms with Gasteiger partial charge in [0, 0.05) is 5.56 Å². The number of nitro benzene ring substituents is 1. The molecule has 0 saturated heterocycles.